The maximum absolute atomic E-state index is 12.5. The van der Waals surface area contributed by atoms with Crippen molar-refractivity contribution in [2.24, 2.45) is 0 Å². The van der Waals surface area contributed by atoms with Crippen molar-refractivity contribution in [3.05, 3.63) is 42.4 Å². The molecule has 3 aromatic heterocycles. The first-order valence-corrected chi connectivity index (χ1v) is 8.19. The molecule has 128 valence electrons. The standard InChI is InChI=1S/C16H17N7O2/c24-14(11-4-7-19-22-11)21-16(5-2-1-3-6-16)15-20-13(23-25-15)12-10-17-8-9-18-12/h4,7-10H,1-3,5-6H2,(H,19,22)(H,21,24). The van der Waals surface area contributed by atoms with Gasteiger partial charge >= 0.3 is 0 Å². The van der Waals surface area contributed by atoms with Gasteiger partial charge in [-0.3, -0.25) is 14.9 Å². The van der Waals surface area contributed by atoms with Gasteiger partial charge in [-0.2, -0.15) is 10.1 Å². The zero-order valence-corrected chi connectivity index (χ0v) is 13.5. The summed E-state index contributed by atoms with van der Waals surface area (Å²) in [5, 5.41) is 13.6. The van der Waals surface area contributed by atoms with Crippen LogP contribution in [0.1, 0.15) is 48.5 Å². The molecule has 1 saturated carbocycles. The van der Waals surface area contributed by atoms with Gasteiger partial charge in [-0.15, -0.1) is 0 Å². The van der Waals surface area contributed by atoms with Crippen LogP contribution in [0.15, 0.2) is 35.4 Å². The molecule has 0 spiro atoms. The maximum atomic E-state index is 12.5. The molecule has 1 fully saturated rings. The number of nitrogens with one attached hydrogen (secondary N) is 2. The van der Waals surface area contributed by atoms with Crippen molar-refractivity contribution >= 4 is 5.91 Å². The number of aromatic nitrogens is 6. The second kappa shape index (κ2) is 6.42. The fourth-order valence-electron chi connectivity index (χ4n) is 3.15. The summed E-state index contributed by atoms with van der Waals surface area (Å²) in [5.74, 6) is 0.531. The van der Waals surface area contributed by atoms with Gasteiger partial charge < -0.3 is 9.84 Å². The Hall–Kier alpha value is -3.10. The molecule has 3 heterocycles. The molecule has 0 saturated heterocycles. The van der Waals surface area contributed by atoms with Gasteiger partial charge in [0, 0.05) is 18.6 Å². The SMILES string of the molecule is O=C(NC1(c2nc(-c3cnccn3)no2)CCCCC1)c1ccn[nH]1. The van der Waals surface area contributed by atoms with E-state index in [2.05, 4.69) is 35.6 Å². The molecular weight excluding hydrogens is 322 g/mol. The molecule has 0 aromatic carbocycles. The summed E-state index contributed by atoms with van der Waals surface area (Å²) in [6.07, 6.45) is 10.8. The third-order valence-corrected chi connectivity index (χ3v) is 4.43. The number of aromatic amines is 1. The average Bonchev–Trinajstić information content (AvgIpc) is 3.35. The van der Waals surface area contributed by atoms with Crippen LogP contribution in [0, 0.1) is 0 Å². The van der Waals surface area contributed by atoms with E-state index in [4.69, 9.17) is 4.52 Å². The Morgan fingerprint density at radius 2 is 2.08 bits per heavy atom. The smallest absolute Gasteiger partial charge is 0.270 e. The number of H-pyrrole nitrogens is 1. The molecule has 3 aromatic rings. The number of hydrogen-bond donors (Lipinski definition) is 2. The highest BCUT2D eigenvalue weighted by atomic mass is 16.5. The second-order valence-electron chi connectivity index (χ2n) is 6.08. The molecule has 4 rings (SSSR count). The fraction of sp³-hybridized carbons (Fsp3) is 0.375. The molecule has 9 nitrogen and oxygen atoms in total. The van der Waals surface area contributed by atoms with Crippen LogP contribution < -0.4 is 5.32 Å². The summed E-state index contributed by atoms with van der Waals surface area (Å²) < 4.78 is 5.51. The molecule has 0 radical (unpaired) electrons. The average molecular weight is 339 g/mol. The highest BCUT2D eigenvalue weighted by Crippen LogP contribution is 2.37. The van der Waals surface area contributed by atoms with Gasteiger partial charge in [0.25, 0.3) is 11.8 Å². The zero-order chi connectivity index (χ0) is 17.1. The van der Waals surface area contributed by atoms with Gasteiger partial charge in [-0.25, -0.2) is 4.98 Å². The van der Waals surface area contributed by atoms with Crippen LogP contribution in [-0.2, 0) is 5.54 Å². The minimum Gasteiger partial charge on any atom is -0.336 e. The van der Waals surface area contributed by atoms with E-state index in [9.17, 15) is 4.79 Å². The minimum absolute atomic E-state index is 0.237. The van der Waals surface area contributed by atoms with E-state index >= 15 is 0 Å². The molecular formula is C16H17N7O2. The molecule has 1 amide bonds. The topological polar surface area (TPSA) is 122 Å². The predicted molar refractivity (Wildman–Crippen MR) is 86.1 cm³/mol. The summed E-state index contributed by atoms with van der Waals surface area (Å²) in [7, 11) is 0. The van der Waals surface area contributed by atoms with E-state index in [1.807, 2.05) is 0 Å². The van der Waals surface area contributed by atoms with E-state index < -0.39 is 5.54 Å². The van der Waals surface area contributed by atoms with Crippen molar-refractivity contribution in [2.75, 3.05) is 0 Å². The molecule has 25 heavy (non-hydrogen) atoms. The molecule has 0 atom stereocenters. The number of carbonyl (C=O) groups is 1. The molecule has 0 bridgehead atoms. The Balaban J connectivity index is 1.65. The normalized spacial score (nSPS) is 16.5. The van der Waals surface area contributed by atoms with Crippen molar-refractivity contribution in [1.82, 2.24) is 35.6 Å². The van der Waals surface area contributed by atoms with E-state index in [1.165, 1.54) is 0 Å². The van der Waals surface area contributed by atoms with Crippen LogP contribution in [0.2, 0.25) is 0 Å². The second-order valence-corrected chi connectivity index (χ2v) is 6.08. The minimum atomic E-state index is -0.673. The molecule has 0 aliphatic heterocycles. The number of carbonyl (C=O) groups excluding carboxylic acids is 1. The number of rotatable bonds is 4. The monoisotopic (exact) mass is 339 g/mol. The Morgan fingerprint density at radius 1 is 1.20 bits per heavy atom. The Labute approximate surface area is 143 Å². The van der Waals surface area contributed by atoms with Gasteiger partial charge in [-0.1, -0.05) is 24.4 Å². The summed E-state index contributed by atoms with van der Waals surface area (Å²) in [6.45, 7) is 0. The lowest BCUT2D eigenvalue weighted by Gasteiger charge is -2.34. The molecule has 1 aliphatic rings. The van der Waals surface area contributed by atoms with Crippen LogP contribution in [0.5, 0.6) is 0 Å². The molecule has 9 heteroatoms. The number of hydrogen-bond acceptors (Lipinski definition) is 7. The first kappa shape index (κ1) is 15.4. The van der Waals surface area contributed by atoms with E-state index in [-0.39, 0.29) is 5.91 Å². The van der Waals surface area contributed by atoms with Crippen molar-refractivity contribution in [3.63, 3.8) is 0 Å². The highest BCUT2D eigenvalue weighted by Gasteiger charge is 2.41. The predicted octanol–water partition coefficient (Wildman–Crippen LogP) is 1.84. The van der Waals surface area contributed by atoms with Crippen LogP contribution >= 0.6 is 0 Å². The van der Waals surface area contributed by atoms with Gasteiger partial charge in [0.15, 0.2) is 0 Å². The Bertz CT molecular complexity index is 839. The zero-order valence-electron chi connectivity index (χ0n) is 13.5. The summed E-state index contributed by atoms with van der Waals surface area (Å²) in [4.78, 5) is 25.2. The van der Waals surface area contributed by atoms with Crippen molar-refractivity contribution in [2.45, 2.75) is 37.6 Å². The number of nitrogens with zero attached hydrogens (tertiary/aromatic N) is 5. The lowest BCUT2D eigenvalue weighted by molar-refractivity contribution is 0.0819. The van der Waals surface area contributed by atoms with Crippen LogP contribution in [0.3, 0.4) is 0 Å². The summed E-state index contributed by atoms with van der Waals surface area (Å²) in [6, 6.07) is 1.63. The van der Waals surface area contributed by atoms with Crippen molar-refractivity contribution in [3.8, 4) is 11.5 Å². The number of amides is 1. The lowest BCUT2D eigenvalue weighted by Crippen LogP contribution is -2.47. The van der Waals surface area contributed by atoms with Crippen LogP contribution in [-0.4, -0.2) is 36.2 Å². The summed E-state index contributed by atoms with van der Waals surface area (Å²) in [5.41, 5.74) is 0.260. The van der Waals surface area contributed by atoms with E-state index in [0.29, 0.717) is 23.1 Å². The maximum Gasteiger partial charge on any atom is 0.270 e. The van der Waals surface area contributed by atoms with E-state index in [0.717, 1.165) is 32.1 Å². The molecule has 0 unspecified atom stereocenters. The van der Waals surface area contributed by atoms with Crippen molar-refractivity contribution in [1.29, 1.82) is 0 Å². The third kappa shape index (κ3) is 3.00. The third-order valence-electron chi connectivity index (χ3n) is 4.43. The quantitative estimate of drug-likeness (QED) is 0.743. The Kier molecular flexibility index (Phi) is 3.96. The molecule has 2 N–H and O–H groups in total. The van der Waals surface area contributed by atoms with Gasteiger partial charge in [0.2, 0.25) is 5.82 Å². The van der Waals surface area contributed by atoms with Crippen molar-refractivity contribution < 1.29 is 9.32 Å². The fourth-order valence-corrected chi connectivity index (χ4v) is 3.15. The first-order chi connectivity index (χ1) is 12.3. The Morgan fingerprint density at radius 3 is 2.80 bits per heavy atom. The molecule has 1 aliphatic carbocycles. The van der Waals surface area contributed by atoms with Crippen LogP contribution in [0.25, 0.3) is 11.5 Å². The summed E-state index contributed by atoms with van der Waals surface area (Å²) >= 11 is 0. The lowest BCUT2D eigenvalue weighted by atomic mass is 9.81. The first-order valence-electron chi connectivity index (χ1n) is 8.19. The largest absolute Gasteiger partial charge is 0.336 e. The highest BCUT2D eigenvalue weighted by molar-refractivity contribution is 5.92. The van der Waals surface area contributed by atoms with Crippen LogP contribution in [0.4, 0.5) is 0 Å². The van der Waals surface area contributed by atoms with Gasteiger partial charge in [-0.05, 0) is 18.9 Å². The van der Waals surface area contributed by atoms with Gasteiger partial charge in [0.05, 0.1) is 6.20 Å². The van der Waals surface area contributed by atoms with E-state index in [1.54, 1.807) is 30.9 Å². The van der Waals surface area contributed by atoms with Gasteiger partial charge in [0.1, 0.15) is 16.9 Å².